The summed E-state index contributed by atoms with van der Waals surface area (Å²) >= 11 is 5.99. The first-order chi connectivity index (χ1) is 7.68. The minimum Gasteiger partial charge on any atom is -0.397 e. The van der Waals surface area contributed by atoms with Gasteiger partial charge >= 0.3 is 0 Å². The predicted octanol–water partition coefficient (Wildman–Crippen LogP) is 2.54. The summed E-state index contributed by atoms with van der Waals surface area (Å²) in [6.07, 6.45) is 2.25. The van der Waals surface area contributed by atoms with Gasteiger partial charge in [0.05, 0.1) is 24.0 Å². The van der Waals surface area contributed by atoms with Crippen LogP contribution < -0.4 is 10.6 Å². The first-order valence-electron chi connectivity index (χ1n) is 5.54. The lowest BCUT2D eigenvalue weighted by atomic mass is 10.1. The minimum absolute atomic E-state index is 0.398. The molecular weight excluding hydrogens is 224 g/mol. The molecule has 0 spiro atoms. The molecule has 0 saturated carbocycles. The third kappa shape index (κ3) is 2.42. The number of nitrogens with two attached hydrogens (primary N) is 1. The van der Waals surface area contributed by atoms with Crippen molar-refractivity contribution in [1.29, 1.82) is 0 Å². The van der Waals surface area contributed by atoms with Crippen molar-refractivity contribution in [2.75, 3.05) is 30.9 Å². The van der Waals surface area contributed by atoms with Crippen molar-refractivity contribution in [3.05, 3.63) is 23.2 Å². The summed E-state index contributed by atoms with van der Waals surface area (Å²) in [6, 6.07) is 5.96. The quantitative estimate of drug-likeness (QED) is 0.808. The van der Waals surface area contributed by atoms with Gasteiger partial charge in [0.25, 0.3) is 0 Å². The highest BCUT2D eigenvalue weighted by molar-refractivity contribution is 6.31. The minimum atomic E-state index is 0.398. The number of anilines is 2. The van der Waals surface area contributed by atoms with Crippen LogP contribution in [0.2, 0.25) is 5.02 Å². The summed E-state index contributed by atoms with van der Waals surface area (Å²) in [7, 11) is 2.04. The van der Waals surface area contributed by atoms with E-state index in [4.69, 9.17) is 22.1 Å². The molecule has 1 unspecified atom stereocenters. The Kier molecular flexibility index (Phi) is 3.56. The van der Waals surface area contributed by atoms with E-state index in [2.05, 4.69) is 4.90 Å². The first kappa shape index (κ1) is 11.6. The van der Waals surface area contributed by atoms with Gasteiger partial charge in [-0.15, -0.1) is 0 Å². The molecule has 88 valence electrons. The fourth-order valence-corrected chi connectivity index (χ4v) is 2.21. The molecule has 1 heterocycles. The van der Waals surface area contributed by atoms with Crippen LogP contribution in [0.1, 0.15) is 12.8 Å². The molecule has 0 radical (unpaired) electrons. The molecule has 1 aliphatic rings. The van der Waals surface area contributed by atoms with Gasteiger partial charge in [-0.25, -0.2) is 0 Å². The van der Waals surface area contributed by atoms with Crippen molar-refractivity contribution in [2.45, 2.75) is 18.9 Å². The Bertz CT molecular complexity index is 364. The van der Waals surface area contributed by atoms with Crippen molar-refractivity contribution in [3.63, 3.8) is 0 Å². The molecule has 2 N–H and O–H groups in total. The monoisotopic (exact) mass is 240 g/mol. The van der Waals surface area contributed by atoms with Gasteiger partial charge < -0.3 is 15.4 Å². The van der Waals surface area contributed by atoms with Crippen molar-refractivity contribution in [1.82, 2.24) is 0 Å². The maximum atomic E-state index is 5.99. The van der Waals surface area contributed by atoms with Crippen LogP contribution in [0, 0.1) is 0 Å². The Morgan fingerprint density at radius 3 is 3.00 bits per heavy atom. The average Bonchev–Trinajstić information content (AvgIpc) is 2.32. The molecule has 1 fully saturated rings. The largest absolute Gasteiger partial charge is 0.397 e. The zero-order valence-electron chi connectivity index (χ0n) is 9.45. The van der Waals surface area contributed by atoms with Crippen LogP contribution in [0.3, 0.4) is 0 Å². The Morgan fingerprint density at radius 1 is 1.50 bits per heavy atom. The van der Waals surface area contributed by atoms with Crippen molar-refractivity contribution < 1.29 is 4.74 Å². The molecule has 0 amide bonds. The SMILES string of the molecule is CN(c1cc(Cl)ccc1N)C1CCCOC1. The Hall–Kier alpha value is -0.930. The van der Waals surface area contributed by atoms with E-state index in [0.717, 1.165) is 37.4 Å². The molecule has 0 aliphatic carbocycles. The molecule has 1 saturated heterocycles. The number of hydrogen-bond acceptors (Lipinski definition) is 3. The number of nitrogens with zero attached hydrogens (tertiary/aromatic N) is 1. The van der Waals surface area contributed by atoms with E-state index in [0.29, 0.717) is 11.1 Å². The average molecular weight is 241 g/mol. The summed E-state index contributed by atoms with van der Waals surface area (Å²) in [5.74, 6) is 0. The third-order valence-corrected chi connectivity index (χ3v) is 3.29. The van der Waals surface area contributed by atoms with Gasteiger partial charge in [0.2, 0.25) is 0 Å². The normalized spacial score (nSPS) is 20.8. The van der Waals surface area contributed by atoms with Crippen LogP contribution in [0.4, 0.5) is 11.4 Å². The predicted molar refractivity (Wildman–Crippen MR) is 68.1 cm³/mol. The van der Waals surface area contributed by atoms with E-state index in [9.17, 15) is 0 Å². The lowest BCUT2D eigenvalue weighted by Crippen LogP contribution is -2.38. The van der Waals surface area contributed by atoms with E-state index in [1.165, 1.54) is 0 Å². The van der Waals surface area contributed by atoms with Gasteiger partial charge in [-0.05, 0) is 31.0 Å². The van der Waals surface area contributed by atoms with Crippen LogP contribution in [-0.2, 0) is 4.74 Å². The highest BCUT2D eigenvalue weighted by Crippen LogP contribution is 2.29. The van der Waals surface area contributed by atoms with Gasteiger partial charge in [0.15, 0.2) is 0 Å². The molecule has 1 aromatic carbocycles. The highest BCUT2D eigenvalue weighted by Gasteiger charge is 2.20. The highest BCUT2D eigenvalue weighted by atomic mass is 35.5. The van der Waals surface area contributed by atoms with Crippen LogP contribution in [0.15, 0.2) is 18.2 Å². The van der Waals surface area contributed by atoms with Crippen LogP contribution in [-0.4, -0.2) is 26.3 Å². The molecule has 16 heavy (non-hydrogen) atoms. The standard InChI is InChI=1S/C12H17ClN2O/c1-15(10-3-2-6-16-8-10)12-7-9(13)4-5-11(12)14/h4-5,7,10H,2-3,6,8,14H2,1H3. The van der Waals surface area contributed by atoms with Crippen molar-refractivity contribution in [2.24, 2.45) is 0 Å². The number of rotatable bonds is 2. The van der Waals surface area contributed by atoms with E-state index in [-0.39, 0.29) is 0 Å². The molecule has 1 atom stereocenters. The molecular formula is C12H17ClN2O. The topological polar surface area (TPSA) is 38.5 Å². The second kappa shape index (κ2) is 4.93. The molecule has 1 aromatic rings. The number of nitrogen functional groups attached to an aromatic ring is 1. The molecule has 1 aliphatic heterocycles. The molecule has 0 aromatic heterocycles. The summed E-state index contributed by atoms with van der Waals surface area (Å²) in [5, 5.41) is 0.716. The van der Waals surface area contributed by atoms with E-state index in [1.54, 1.807) is 0 Å². The number of likely N-dealkylation sites (N-methyl/N-ethyl adjacent to an activating group) is 1. The summed E-state index contributed by atoms with van der Waals surface area (Å²) < 4.78 is 5.48. The van der Waals surface area contributed by atoms with Gasteiger partial charge in [-0.2, -0.15) is 0 Å². The number of ether oxygens (including phenoxy) is 1. The van der Waals surface area contributed by atoms with Gasteiger partial charge in [-0.1, -0.05) is 11.6 Å². The van der Waals surface area contributed by atoms with Crippen LogP contribution in [0.25, 0.3) is 0 Å². The third-order valence-electron chi connectivity index (χ3n) is 3.06. The summed E-state index contributed by atoms with van der Waals surface area (Å²) in [5.41, 5.74) is 7.71. The lowest BCUT2D eigenvalue weighted by molar-refractivity contribution is 0.0807. The number of hydrogen-bond donors (Lipinski definition) is 1. The first-order valence-corrected chi connectivity index (χ1v) is 5.92. The van der Waals surface area contributed by atoms with E-state index in [1.807, 2.05) is 25.2 Å². The number of benzene rings is 1. The zero-order chi connectivity index (χ0) is 11.5. The second-order valence-electron chi connectivity index (χ2n) is 4.19. The maximum absolute atomic E-state index is 5.99. The number of halogens is 1. The van der Waals surface area contributed by atoms with Crippen molar-refractivity contribution in [3.8, 4) is 0 Å². The lowest BCUT2D eigenvalue weighted by Gasteiger charge is -2.33. The van der Waals surface area contributed by atoms with Crippen LogP contribution in [0.5, 0.6) is 0 Å². The second-order valence-corrected chi connectivity index (χ2v) is 4.62. The molecule has 3 nitrogen and oxygen atoms in total. The zero-order valence-corrected chi connectivity index (χ0v) is 10.2. The Labute approximate surface area is 101 Å². The maximum Gasteiger partial charge on any atom is 0.0669 e. The Morgan fingerprint density at radius 2 is 2.31 bits per heavy atom. The fourth-order valence-electron chi connectivity index (χ4n) is 2.05. The summed E-state index contributed by atoms with van der Waals surface area (Å²) in [6.45, 7) is 1.64. The molecule has 0 bridgehead atoms. The van der Waals surface area contributed by atoms with E-state index < -0.39 is 0 Å². The van der Waals surface area contributed by atoms with Crippen molar-refractivity contribution >= 4 is 23.0 Å². The van der Waals surface area contributed by atoms with Gasteiger partial charge in [0.1, 0.15) is 0 Å². The fraction of sp³-hybridized carbons (Fsp3) is 0.500. The van der Waals surface area contributed by atoms with Gasteiger partial charge in [-0.3, -0.25) is 0 Å². The summed E-state index contributed by atoms with van der Waals surface area (Å²) in [4.78, 5) is 2.17. The Balaban J connectivity index is 2.18. The smallest absolute Gasteiger partial charge is 0.0669 e. The molecule has 2 rings (SSSR count). The molecule has 4 heteroatoms. The van der Waals surface area contributed by atoms with Gasteiger partial charge in [0, 0.05) is 18.7 Å². The van der Waals surface area contributed by atoms with Crippen LogP contribution >= 0.6 is 11.6 Å². The van der Waals surface area contributed by atoms with E-state index >= 15 is 0 Å².